The summed E-state index contributed by atoms with van der Waals surface area (Å²) in [6, 6.07) is 18.1. The second-order valence-corrected chi connectivity index (χ2v) is 5.42. The van der Waals surface area contributed by atoms with Crippen LogP contribution >= 0.6 is 12.2 Å². The highest BCUT2D eigenvalue weighted by Crippen LogP contribution is 2.13. The van der Waals surface area contributed by atoms with E-state index in [0.717, 1.165) is 11.3 Å². The van der Waals surface area contributed by atoms with Gasteiger partial charge in [-0.1, -0.05) is 56.3 Å². The summed E-state index contributed by atoms with van der Waals surface area (Å²) in [6.45, 7) is 4.36. The van der Waals surface area contributed by atoms with E-state index < -0.39 is 0 Å². The van der Waals surface area contributed by atoms with Gasteiger partial charge in [-0.2, -0.15) is 5.10 Å². The molecule has 0 aliphatic rings. The molecule has 0 amide bonds. The zero-order valence-corrected chi connectivity index (χ0v) is 13.0. The summed E-state index contributed by atoms with van der Waals surface area (Å²) in [5, 5.41) is 7.66. The zero-order chi connectivity index (χ0) is 15.1. The molecule has 0 aliphatic carbocycles. The monoisotopic (exact) mass is 297 g/mol. The van der Waals surface area contributed by atoms with Gasteiger partial charge in [0.15, 0.2) is 5.11 Å². The molecule has 0 atom stereocenters. The van der Waals surface area contributed by atoms with Crippen LogP contribution in [0.3, 0.4) is 0 Å². The quantitative estimate of drug-likeness (QED) is 0.506. The largest absolute Gasteiger partial charge is 0.331 e. The molecule has 0 saturated heterocycles. The first-order valence-corrected chi connectivity index (χ1v) is 7.31. The van der Waals surface area contributed by atoms with E-state index in [2.05, 4.69) is 41.8 Å². The van der Waals surface area contributed by atoms with Crippen molar-refractivity contribution in [1.29, 1.82) is 0 Å². The van der Waals surface area contributed by atoms with E-state index in [4.69, 9.17) is 12.2 Å². The van der Waals surface area contributed by atoms with Crippen LogP contribution in [0.2, 0.25) is 0 Å². The molecule has 0 fully saturated rings. The van der Waals surface area contributed by atoms with Crippen molar-refractivity contribution in [3.05, 3.63) is 65.7 Å². The molecule has 0 heterocycles. The predicted octanol–water partition coefficient (Wildman–Crippen LogP) is 4.13. The van der Waals surface area contributed by atoms with E-state index in [-0.39, 0.29) is 0 Å². The van der Waals surface area contributed by atoms with E-state index in [1.54, 1.807) is 6.21 Å². The molecular formula is C17H19N3S. The van der Waals surface area contributed by atoms with Crippen molar-refractivity contribution in [2.45, 2.75) is 19.8 Å². The lowest BCUT2D eigenvalue weighted by molar-refractivity contribution is 0.866. The molecule has 0 aromatic heterocycles. The van der Waals surface area contributed by atoms with E-state index >= 15 is 0 Å². The smallest absolute Gasteiger partial charge is 0.191 e. The van der Waals surface area contributed by atoms with Gasteiger partial charge in [0.25, 0.3) is 0 Å². The van der Waals surface area contributed by atoms with Gasteiger partial charge in [-0.05, 0) is 41.4 Å². The molecule has 108 valence electrons. The van der Waals surface area contributed by atoms with Crippen LogP contribution in [0.15, 0.2) is 59.7 Å². The number of hydrazone groups is 1. The Morgan fingerprint density at radius 1 is 1.05 bits per heavy atom. The van der Waals surface area contributed by atoms with Crippen molar-refractivity contribution in [2.24, 2.45) is 5.10 Å². The van der Waals surface area contributed by atoms with Crippen LogP contribution in [0.5, 0.6) is 0 Å². The van der Waals surface area contributed by atoms with Crippen molar-refractivity contribution in [3.63, 3.8) is 0 Å². The SMILES string of the molecule is CC(C)c1ccc(/C=N/NC(=S)Nc2ccccc2)cc1. The molecule has 3 nitrogen and oxygen atoms in total. The van der Waals surface area contributed by atoms with Gasteiger partial charge in [0.1, 0.15) is 0 Å². The van der Waals surface area contributed by atoms with Crippen LogP contribution in [-0.4, -0.2) is 11.3 Å². The van der Waals surface area contributed by atoms with Crippen molar-refractivity contribution >= 4 is 29.2 Å². The molecule has 2 N–H and O–H groups in total. The van der Waals surface area contributed by atoms with Crippen molar-refractivity contribution < 1.29 is 0 Å². The first-order valence-electron chi connectivity index (χ1n) is 6.90. The summed E-state index contributed by atoms with van der Waals surface area (Å²) in [4.78, 5) is 0. The molecule has 4 heteroatoms. The Morgan fingerprint density at radius 3 is 2.33 bits per heavy atom. The number of nitrogens with zero attached hydrogens (tertiary/aromatic N) is 1. The molecule has 0 saturated carbocycles. The van der Waals surface area contributed by atoms with Crippen molar-refractivity contribution in [2.75, 3.05) is 5.32 Å². The second kappa shape index (κ2) is 7.55. The third kappa shape index (κ3) is 5.00. The number of benzene rings is 2. The minimum Gasteiger partial charge on any atom is -0.331 e. The molecule has 0 spiro atoms. The van der Waals surface area contributed by atoms with Gasteiger partial charge in [0, 0.05) is 5.69 Å². The number of rotatable bonds is 4. The van der Waals surface area contributed by atoms with Gasteiger partial charge in [0.2, 0.25) is 0 Å². The average Bonchev–Trinajstić information content (AvgIpc) is 2.49. The zero-order valence-electron chi connectivity index (χ0n) is 12.2. The van der Waals surface area contributed by atoms with Gasteiger partial charge < -0.3 is 5.32 Å². The lowest BCUT2D eigenvalue weighted by Crippen LogP contribution is -2.23. The fourth-order valence-electron chi connectivity index (χ4n) is 1.81. The highest BCUT2D eigenvalue weighted by molar-refractivity contribution is 7.80. The van der Waals surface area contributed by atoms with Gasteiger partial charge >= 0.3 is 0 Å². The van der Waals surface area contributed by atoms with Gasteiger partial charge in [-0.3, -0.25) is 5.43 Å². The summed E-state index contributed by atoms with van der Waals surface area (Å²) < 4.78 is 0. The summed E-state index contributed by atoms with van der Waals surface area (Å²) in [6.07, 6.45) is 1.75. The minimum absolute atomic E-state index is 0.469. The van der Waals surface area contributed by atoms with Crippen LogP contribution in [0.25, 0.3) is 0 Å². The topological polar surface area (TPSA) is 36.4 Å². The van der Waals surface area contributed by atoms with Crippen LogP contribution in [0, 0.1) is 0 Å². The van der Waals surface area contributed by atoms with Crippen LogP contribution in [-0.2, 0) is 0 Å². The number of thiocarbonyl (C=S) groups is 1. The maximum atomic E-state index is 5.17. The highest BCUT2D eigenvalue weighted by atomic mass is 32.1. The Balaban J connectivity index is 1.86. The number of nitrogens with one attached hydrogen (secondary N) is 2. The van der Waals surface area contributed by atoms with Gasteiger partial charge in [-0.25, -0.2) is 0 Å². The lowest BCUT2D eigenvalue weighted by Gasteiger charge is -2.06. The minimum atomic E-state index is 0.469. The van der Waals surface area contributed by atoms with E-state index in [1.807, 2.05) is 42.5 Å². The first-order chi connectivity index (χ1) is 10.1. The maximum Gasteiger partial charge on any atom is 0.191 e. The van der Waals surface area contributed by atoms with Crippen molar-refractivity contribution in [1.82, 2.24) is 5.43 Å². The number of hydrogen-bond donors (Lipinski definition) is 2. The number of para-hydroxylation sites is 1. The predicted molar refractivity (Wildman–Crippen MR) is 93.9 cm³/mol. The molecule has 2 aromatic carbocycles. The van der Waals surface area contributed by atoms with Gasteiger partial charge in [-0.15, -0.1) is 0 Å². The van der Waals surface area contributed by atoms with E-state index in [1.165, 1.54) is 5.56 Å². The lowest BCUT2D eigenvalue weighted by atomic mass is 10.0. The Bertz CT molecular complexity index is 604. The molecule has 0 aliphatic heterocycles. The van der Waals surface area contributed by atoms with Crippen LogP contribution in [0.1, 0.15) is 30.9 Å². The molecular weight excluding hydrogens is 278 g/mol. The maximum absolute atomic E-state index is 5.17. The Hall–Kier alpha value is -2.20. The second-order valence-electron chi connectivity index (χ2n) is 5.01. The molecule has 21 heavy (non-hydrogen) atoms. The summed E-state index contributed by atoms with van der Waals surface area (Å²) in [5.41, 5.74) is 6.10. The standard InChI is InChI=1S/C17H19N3S/c1-13(2)15-10-8-14(9-11-15)12-18-20-17(21)19-16-6-4-3-5-7-16/h3-13H,1-2H3,(H2,19,20,21)/b18-12+. The third-order valence-corrected chi connectivity index (χ3v) is 3.21. The molecule has 0 bridgehead atoms. The number of hydrogen-bond acceptors (Lipinski definition) is 2. The fraction of sp³-hybridized carbons (Fsp3) is 0.176. The third-order valence-electron chi connectivity index (χ3n) is 3.01. The van der Waals surface area contributed by atoms with Gasteiger partial charge in [0.05, 0.1) is 6.21 Å². The molecule has 0 unspecified atom stereocenters. The Kier molecular flexibility index (Phi) is 5.46. The first kappa shape index (κ1) is 15.2. The van der Waals surface area contributed by atoms with Crippen LogP contribution in [0.4, 0.5) is 5.69 Å². The number of anilines is 1. The Labute approximate surface area is 131 Å². The summed E-state index contributed by atoms with van der Waals surface area (Å²) in [7, 11) is 0. The van der Waals surface area contributed by atoms with Crippen LogP contribution < -0.4 is 10.7 Å². The average molecular weight is 297 g/mol. The van der Waals surface area contributed by atoms with E-state index in [0.29, 0.717) is 11.0 Å². The van der Waals surface area contributed by atoms with E-state index in [9.17, 15) is 0 Å². The fourth-order valence-corrected chi connectivity index (χ4v) is 1.98. The normalized spacial score (nSPS) is 10.8. The summed E-state index contributed by atoms with van der Waals surface area (Å²) in [5.74, 6) is 0.539. The molecule has 2 aromatic rings. The van der Waals surface area contributed by atoms with Crippen molar-refractivity contribution in [3.8, 4) is 0 Å². The highest BCUT2D eigenvalue weighted by Gasteiger charge is 1.98. The summed E-state index contributed by atoms with van der Waals surface area (Å²) >= 11 is 5.17. The molecule has 2 rings (SSSR count). The molecule has 0 radical (unpaired) electrons. The Morgan fingerprint density at radius 2 is 1.71 bits per heavy atom.